The van der Waals surface area contributed by atoms with Crippen molar-refractivity contribution in [3.8, 4) is 0 Å². The van der Waals surface area contributed by atoms with Crippen molar-refractivity contribution in [2.75, 3.05) is 19.6 Å². The first-order valence-corrected chi connectivity index (χ1v) is 8.90. The average Bonchev–Trinajstić information content (AvgIpc) is 3.31. The van der Waals surface area contributed by atoms with Gasteiger partial charge in [0.1, 0.15) is 0 Å². The summed E-state index contributed by atoms with van der Waals surface area (Å²) >= 11 is 0. The van der Waals surface area contributed by atoms with Gasteiger partial charge in [0.05, 0.1) is 0 Å². The fraction of sp³-hybridized carbons (Fsp3) is 0.684. The topological polar surface area (TPSA) is 15.3 Å². The van der Waals surface area contributed by atoms with Crippen molar-refractivity contribution in [2.45, 2.75) is 57.0 Å². The number of rotatable bonds is 5. The quantitative estimate of drug-likeness (QED) is 0.893. The number of hydrogen-bond donors (Lipinski definition) is 1. The van der Waals surface area contributed by atoms with Crippen LogP contribution in [0.2, 0.25) is 0 Å². The predicted octanol–water partition coefficient (Wildman–Crippen LogP) is 3.18. The first kappa shape index (κ1) is 13.8. The summed E-state index contributed by atoms with van der Waals surface area (Å²) in [6.07, 6.45) is 6.86. The molecule has 2 fully saturated rings. The van der Waals surface area contributed by atoms with E-state index in [-0.39, 0.29) is 0 Å². The first-order chi connectivity index (χ1) is 10.3. The zero-order chi connectivity index (χ0) is 14.2. The van der Waals surface area contributed by atoms with E-state index >= 15 is 0 Å². The monoisotopic (exact) mass is 284 g/mol. The Hall–Kier alpha value is -0.860. The average molecular weight is 284 g/mol. The summed E-state index contributed by atoms with van der Waals surface area (Å²) in [7, 11) is 0. The van der Waals surface area contributed by atoms with E-state index in [1.165, 1.54) is 51.7 Å². The van der Waals surface area contributed by atoms with Gasteiger partial charge in [-0.05, 0) is 42.7 Å². The molecule has 2 aliphatic carbocycles. The number of fused-ring (bicyclic) bond motifs is 1. The zero-order valence-electron chi connectivity index (χ0n) is 13.2. The summed E-state index contributed by atoms with van der Waals surface area (Å²) in [6, 6.07) is 10.6. The number of nitrogens with one attached hydrogen (secondary N) is 1. The second-order valence-corrected chi connectivity index (χ2v) is 7.35. The molecule has 3 atom stereocenters. The molecule has 0 amide bonds. The van der Waals surface area contributed by atoms with Crippen molar-refractivity contribution in [1.29, 1.82) is 0 Å². The Morgan fingerprint density at radius 1 is 1.24 bits per heavy atom. The molecular weight excluding hydrogens is 256 g/mol. The molecule has 0 bridgehead atoms. The summed E-state index contributed by atoms with van der Waals surface area (Å²) in [5, 5.41) is 3.83. The fourth-order valence-corrected chi connectivity index (χ4v) is 4.35. The lowest BCUT2D eigenvalue weighted by Gasteiger charge is -2.44. The Labute approximate surface area is 128 Å². The Morgan fingerprint density at radius 2 is 2.10 bits per heavy atom. The minimum absolute atomic E-state index is 0.762. The van der Waals surface area contributed by atoms with Crippen LogP contribution >= 0.6 is 0 Å². The zero-order valence-corrected chi connectivity index (χ0v) is 13.2. The smallest absolute Gasteiger partial charge is 0.0224 e. The van der Waals surface area contributed by atoms with Crippen LogP contribution in [-0.4, -0.2) is 36.6 Å². The third-order valence-corrected chi connectivity index (χ3v) is 5.79. The molecule has 1 aromatic carbocycles. The lowest BCUT2D eigenvalue weighted by Crippen LogP contribution is -2.58. The maximum atomic E-state index is 3.83. The number of piperazine rings is 1. The van der Waals surface area contributed by atoms with E-state index in [1.807, 2.05) is 0 Å². The second-order valence-electron chi connectivity index (χ2n) is 7.35. The van der Waals surface area contributed by atoms with Gasteiger partial charge < -0.3 is 5.32 Å². The summed E-state index contributed by atoms with van der Waals surface area (Å²) in [5.41, 5.74) is 3.21. The lowest BCUT2D eigenvalue weighted by atomic mass is 9.77. The van der Waals surface area contributed by atoms with Gasteiger partial charge in [-0.25, -0.2) is 0 Å². The van der Waals surface area contributed by atoms with Gasteiger partial charge in [0.2, 0.25) is 0 Å². The highest BCUT2D eigenvalue weighted by molar-refractivity contribution is 5.40. The maximum absolute atomic E-state index is 3.83. The van der Waals surface area contributed by atoms with Crippen LogP contribution in [0.15, 0.2) is 24.3 Å². The van der Waals surface area contributed by atoms with Crippen LogP contribution in [0.3, 0.4) is 0 Å². The van der Waals surface area contributed by atoms with Crippen LogP contribution in [0.4, 0.5) is 0 Å². The summed E-state index contributed by atoms with van der Waals surface area (Å²) < 4.78 is 0. The Balaban J connectivity index is 1.43. The minimum atomic E-state index is 0.762. The van der Waals surface area contributed by atoms with Gasteiger partial charge in [-0.15, -0.1) is 0 Å². The molecule has 2 heteroatoms. The van der Waals surface area contributed by atoms with Gasteiger partial charge in [-0.1, -0.05) is 37.6 Å². The van der Waals surface area contributed by atoms with Crippen molar-refractivity contribution in [2.24, 2.45) is 5.92 Å². The van der Waals surface area contributed by atoms with Crippen molar-refractivity contribution in [3.05, 3.63) is 35.4 Å². The van der Waals surface area contributed by atoms with Crippen LogP contribution < -0.4 is 5.32 Å². The van der Waals surface area contributed by atoms with Gasteiger partial charge >= 0.3 is 0 Å². The van der Waals surface area contributed by atoms with Crippen LogP contribution in [-0.2, 0) is 6.42 Å². The molecular formula is C19H28N2. The fourth-order valence-electron chi connectivity index (χ4n) is 4.35. The minimum Gasteiger partial charge on any atom is -0.311 e. The molecule has 2 nitrogen and oxygen atoms in total. The molecule has 1 aliphatic heterocycles. The largest absolute Gasteiger partial charge is 0.311 e. The molecule has 3 aliphatic rings. The molecule has 1 N–H and O–H groups in total. The molecule has 114 valence electrons. The number of benzene rings is 1. The van der Waals surface area contributed by atoms with E-state index in [4.69, 9.17) is 0 Å². The Kier molecular flexibility index (Phi) is 3.76. The molecule has 0 aromatic heterocycles. The number of hydrogen-bond acceptors (Lipinski definition) is 2. The van der Waals surface area contributed by atoms with Gasteiger partial charge in [-0.3, -0.25) is 4.90 Å². The Bertz CT molecular complexity index is 494. The van der Waals surface area contributed by atoms with Gasteiger partial charge in [0.25, 0.3) is 0 Å². The molecule has 1 aromatic rings. The van der Waals surface area contributed by atoms with E-state index in [1.54, 1.807) is 11.1 Å². The van der Waals surface area contributed by atoms with Crippen molar-refractivity contribution >= 4 is 0 Å². The number of nitrogens with zero attached hydrogens (tertiary/aromatic N) is 1. The van der Waals surface area contributed by atoms with E-state index in [0.717, 1.165) is 23.9 Å². The van der Waals surface area contributed by atoms with Crippen molar-refractivity contribution in [1.82, 2.24) is 10.2 Å². The summed E-state index contributed by atoms with van der Waals surface area (Å²) in [4.78, 5) is 2.82. The van der Waals surface area contributed by atoms with E-state index in [9.17, 15) is 0 Å². The standard InChI is InChI=1S/C19H28N2/c1-2-5-17-11-20-19(14-8-9-14)13-21(17)12-16-10-15-6-3-4-7-18(15)16/h3-4,6-7,14,16-17,19-20H,2,5,8-13H2,1H3. The van der Waals surface area contributed by atoms with Crippen LogP contribution in [0, 0.1) is 5.92 Å². The molecule has 1 heterocycles. The third-order valence-electron chi connectivity index (χ3n) is 5.79. The molecule has 3 unspecified atom stereocenters. The molecule has 21 heavy (non-hydrogen) atoms. The van der Waals surface area contributed by atoms with Crippen molar-refractivity contribution < 1.29 is 0 Å². The van der Waals surface area contributed by atoms with E-state index < -0.39 is 0 Å². The highest BCUT2D eigenvalue weighted by Crippen LogP contribution is 2.38. The van der Waals surface area contributed by atoms with Gasteiger partial charge in [0, 0.05) is 37.6 Å². The molecule has 1 saturated heterocycles. The van der Waals surface area contributed by atoms with E-state index in [0.29, 0.717) is 0 Å². The van der Waals surface area contributed by atoms with Gasteiger partial charge in [0.15, 0.2) is 0 Å². The van der Waals surface area contributed by atoms with E-state index in [2.05, 4.69) is 41.4 Å². The molecule has 1 saturated carbocycles. The molecule has 0 radical (unpaired) electrons. The third kappa shape index (κ3) is 2.76. The lowest BCUT2D eigenvalue weighted by molar-refractivity contribution is 0.105. The maximum Gasteiger partial charge on any atom is 0.0224 e. The van der Waals surface area contributed by atoms with Crippen LogP contribution in [0.25, 0.3) is 0 Å². The SMILES string of the molecule is CCCC1CNC(C2CC2)CN1CC1Cc2ccccc21. The van der Waals surface area contributed by atoms with Crippen LogP contribution in [0.1, 0.15) is 49.7 Å². The summed E-state index contributed by atoms with van der Waals surface area (Å²) in [5.74, 6) is 1.77. The first-order valence-electron chi connectivity index (χ1n) is 8.90. The normalized spacial score (nSPS) is 32.5. The second kappa shape index (κ2) is 5.73. The van der Waals surface area contributed by atoms with Gasteiger partial charge in [-0.2, -0.15) is 0 Å². The van der Waals surface area contributed by atoms with Crippen molar-refractivity contribution in [3.63, 3.8) is 0 Å². The highest BCUT2D eigenvalue weighted by atomic mass is 15.2. The molecule has 0 spiro atoms. The molecule has 4 rings (SSSR count). The summed E-state index contributed by atoms with van der Waals surface area (Å²) in [6.45, 7) is 6.10. The highest BCUT2D eigenvalue weighted by Gasteiger charge is 2.38. The van der Waals surface area contributed by atoms with Crippen LogP contribution in [0.5, 0.6) is 0 Å². The predicted molar refractivity (Wildman–Crippen MR) is 87.7 cm³/mol. The Morgan fingerprint density at radius 3 is 2.86 bits per heavy atom.